The van der Waals surface area contributed by atoms with E-state index in [-0.39, 0.29) is 6.61 Å². The molecule has 0 radical (unpaired) electrons. The van der Waals surface area contributed by atoms with Gasteiger partial charge in [-0.15, -0.1) is 0 Å². The third-order valence-electron chi connectivity index (χ3n) is 2.61. The van der Waals surface area contributed by atoms with Gasteiger partial charge in [-0.2, -0.15) is 0 Å². The Labute approximate surface area is 94.4 Å². The summed E-state index contributed by atoms with van der Waals surface area (Å²) in [5.41, 5.74) is 1.06. The second-order valence-corrected chi connectivity index (χ2v) is 3.93. The van der Waals surface area contributed by atoms with Gasteiger partial charge in [0.2, 0.25) is 0 Å². The lowest BCUT2D eigenvalue weighted by Gasteiger charge is -2.30. The first-order chi connectivity index (χ1) is 7.75. The van der Waals surface area contributed by atoms with Crippen molar-refractivity contribution < 1.29 is 19.7 Å². The summed E-state index contributed by atoms with van der Waals surface area (Å²) in [5, 5.41) is 18.7. The molecule has 0 spiro atoms. The summed E-state index contributed by atoms with van der Waals surface area (Å²) >= 11 is 0. The third-order valence-corrected chi connectivity index (χ3v) is 2.61. The monoisotopic (exact) mass is 224 g/mol. The van der Waals surface area contributed by atoms with Crippen LogP contribution in [0.25, 0.3) is 0 Å². The molecule has 4 heteroatoms. The minimum absolute atomic E-state index is 0.126. The molecule has 1 heterocycles. The molecule has 2 N–H and O–H groups in total. The van der Waals surface area contributed by atoms with Crippen LogP contribution in [0.3, 0.4) is 0 Å². The summed E-state index contributed by atoms with van der Waals surface area (Å²) in [7, 11) is 0. The molecule has 1 fully saturated rings. The van der Waals surface area contributed by atoms with Crippen LogP contribution < -0.4 is 0 Å². The largest absolute Gasteiger partial charge is 0.390 e. The minimum Gasteiger partial charge on any atom is -0.390 e. The fourth-order valence-corrected chi connectivity index (χ4v) is 1.62. The highest BCUT2D eigenvalue weighted by Crippen LogP contribution is 2.16. The predicted molar refractivity (Wildman–Crippen MR) is 57.6 cm³/mol. The van der Waals surface area contributed by atoms with Crippen LogP contribution in [0.15, 0.2) is 30.3 Å². The molecule has 1 aromatic rings. The van der Waals surface area contributed by atoms with Gasteiger partial charge < -0.3 is 19.7 Å². The molecule has 2 rings (SSSR count). The second kappa shape index (κ2) is 5.41. The first-order valence-corrected chi connectivity index (χ1v) is 5.39. The Morgan fingerprint density at radius 2 is 1.94 bits per heavy atom. The Kier molecular flexibility index (Phi) is 3.90. The van der Waals surface area contributed by atoms with Gasteiger partial charge in [-0.25, -0.2) is 0 Å². The van der Waals surface area contributed by atoms with Crippen LogP contribution in [0, 0.1) is 0 Å². The van der Waals surface area contributed by atoms with Gasteiger partial charge in [-0.1, -0.05) is 30.3 Å². The van der Waals surface area contributed by atoms with Crippen LogP contribution in [0.1, 0.15) is 12.0 Å². The molecule has 1 aliphatic heterocycles. The molecule has 0 unspecified atom stereocenters. The van der Waals surface area contributed by atoms with Crippen molar-refractivity contribution in [1.82, 2.24) is 0 Å². The molecule has 16 heavy (non-hydrogen) atoms. The molecule has 0 saturated carbocycles. The van der Waals surface area contributed by atoms with Crippen molar-refractivity contribution in [3.8, 4) is 0 Å². The van der Waals surface area contributed by atoms with Crippen molar-refractivity contribution >= 4 is 0 Å². The lowest BCUT2D eigenvalue weighted by atomic mass is 10.1. The first-order valence-electron chi connectivity index (χ1n) is 5.39. The summed E-state index contributed by atoms with van der Waals surface area (Å²) in [6.45, 7) is 0.578. The van der Waals surface area contributed by atoms with Gasteiger partial charge in [0.25, 0.3) is 0 Å². The number of ether oxygens (including phenoxy) is 2. The molecule has 88 valence electrons. The summed E-state index contributed by atoms with van der Waals surface area (Å²) < 4.78 is 10.7. The molecule has 1 aliphatic rings. The van der Waals surface area contributed by atoms with Gasteiger partial charge in [-0.3, -0.25) is 0 Å². The van der Waals surface area contributed by atoms with Crippen LogP contribution in [0.5, 0.6) is 0 Å². The van der Waals surface area contributed by atoms with Gasteiger partial charge in [0.15, 0.2) is 6.29 Å². The standard InChI is InChI=1S/C12H16O4/c13-10-6-12(16-8-11(10)14)15-7-9-4-2-1-3-5-9/h1-5,10-14H,6-8H2/t10-,11+,12+/m0/s1. The Balaban J connectivity index is 1.79. The topological polar surface area (TPSA) is 58.9 Å². The Morgan fingerprint density at radius 1 is 1.19 bits per heavy atom. The van der Waals surface area contributed by atoms with E-state index in [0.717, 1.165) is 5.56 Å². The molecule has 3 atom stereocenters. The quantitative estimate of drug-likeness (QED) is 0.792. The highest BCUT2D eigenvalue weighted by molar-refractivity contribution is 5.13. The van der Waals surface area contributed by atoms with Crippen LogP contribution >= 0.6 is 0 Å². The van der Waals surface area contributed by atoms with Crippen molar-refractivity contribution in [2.24, 2.45) is 0 Å². The maximum Gasteiger partial charge on any atom is 0.160 e. The van der Waals surface area contributed by atoms with Crippen LogP contribution in [-0.2, 0) is 16.1 Å². The summed E-state index contributed by atoms with van der Waals surface area (Å²) in [6.07, 6.45) is -1.67. The number of aliphatic hydroxyl groups is 2. The Bertz CT molecular complexity index is 314. The van der Waals surface area contributed by atoms with Crippen molar-refractivity contribution in [2.75, 3.05) is 6.61 Å². The molecule has 0 bridgehead atoms. The molecule has 1 aromatic carbocycles. The molecule has 0 aliphatic carbocycles. The second-order valence-electron chi connectivity index (χ2n) is 3.93. The van der Waals surface area contributed by atoms with E-state index in [1.54, 1.807) is 0 Å². The van der Waals surface area contributed by atoms with Crippen molar-refractivity contribution in [3.63, 3.8) is 0 Å². The van der Waals surface area contributed by atoms with Crippen molar-refractivity contribution in [2.45, 2.75) is 31.5 Å². The number of rotatable bonds is 3. The molecular formula is C12H16O4. The van der Waals surface area contributed by atoms with Crippen LogP contribution in [0.2, 0.25) is 0 Å². The van der Waals surface area contributed by atoms with Crippen molar-refractivity contribution in [3.05, 3.63) is 35.9 Å². The molecule has 0 amide bonds. The average molecular weight is 224 g/mol. The van der Waals surface area contributed by atoms with E-state index in [1.807, 2.05) is 30.3 Å². The molecule has 0 aromatic heterocycles. The highest BCUT2D eigenvalue weighted by atomic mass is 16.7. The maximum atomic E-state index is 9.44. The first kappa shape index (κ1) is 11.5. The summed E-state index contributed by atoms with van der Waals surface area (Å²) in [6, 6.07) is 9.76. The fourth-order valence-electron chi connectivity index (χ4n) is 1.62. The fraction of sp³-hybridized carbons (Fsp3) is 0.500. The van der Waals surface area contributed by atoms with Gasteiger partial charge in [0.05, 0.1) is 19.3 Å². The number of aliphatic hydroxyl groups excluding tert-OH is 2. The lowest BCUT2D eigenvalue weighted by Crippen LogP contribution is -2.42. The zero-order valence-electron chi connectivity index (χ0n) is 8.95. The third kappa shape index (κ3) is 3.02. The van der Waals surface area contributed by atoms with Gasteiger partial charge >= 0.3 is 0 Å². The van der Waals surface area contributed by atoms with Crippen molar-refractivity contribution in [1.29, 1.82) is 0 Å². The number of benzene rings is 1. The summed E-state index contributed by atoms with van der Waals surface area (Å²) in [4.78, 5) is 0. The number of hydrogen-bond donors (Lipinski definition) is 2. The van der Waals surface area contributed by atoms with Gasteiger partial charge in [-0.05, 0) is 5.56 Å². The normalized spacial score (nSPS) is 30.2. The van der Waals surface area contributed by atoms with Gasteiger partial charge in [0.1, 0.15) is 6.10 Å². The minimum atomic E-state index is -0.795. The lowest BCUT2D eigenvalue weighted by molar-refractivity contribution is -0.221. The van der Waals surface area contributed by atoms with Crippen LogP contribution in [0.4, 0.5) is 0 Å². The Hall–Kier alpha value is -0.940. The zero-order chi connectivity index (χ0) is 11.4. The van der Waals surface area contributed by atoms with E-state index in [1.165, 1.54) is 0 Å². The predicted octanol–water partition coefficient (Wildman–Crippen LogP) is 0.671. The van der Waals surface area contributed by atoms with E-state index >= 15 is 0 Å². The molecule has 4 nitrogen and oxygen atoms in total. The zero-order valence-corrected chi connectivity index (χ0v) is 8.95. The van der Waals surface area contributed by atoms with E-state index < -0.39 is 18.5 Å². The summed E-state index contributed by atoms with van der Waals surface area (Å²) in [5.74, 6) is 0. The van der Waals surface area contributed by atoms with Crippen LogP contribution in [-0.4, -0.2) is 35.3 Å². The van der Waals surface area contributed by atoms with Gasteiger partial charge in [0, 0.05) is 6.42 Å². The number of hydrogen-bond acceptors (Lipinski definition) is 4. The van der Waals surface area contributed by atoms with E-state index in [4.69, 9.17) is 9.47 Å². The van der Waals surface area contributed by atoms with E-state index in [2.05, 4.69) is 0 Å². The average Bonchev–Trinajstić information content (AvgIpc) is 2.32. The smallest absolute Gasteiger partial charge is 0.160 e. The van der Waals surface area contributed by atoms with E-state index in [0.29, 0.717) is 13.0 Å². The Morgan fingerprint density at radius 3 is 2.62 bits per heavy atom. The highest BCUT2D eigenvalue weighted by Gasteiger charge is 2.28. The maximum absolute atomic E-state index is 9.44. The molecular weight excluding hydrogens is 208 g/mol. The molecule has 1 saturated heterocycles. The SMILES string of the molecule is O[C@@H]1CO[C@@H](OCc2ccccc2)C[C@@H]1O. The van der Waals surface area contributed by atoms with E-state index in [9.17, 15) is 10.2 Å².